The van der Waals surface area contributed by atoms with Crippen LogP contribution in [0, 0.1) is 5.92 Å². The molecule has 10 atom stereocenters. The van der Waals surface area contributed by atoms with Crippen LogP contribution in [0.2, 0.25) is 0 Å². The zero-order valence-corrected chi connectivity index (χ0v) is 64.5. The second-order valence-electron chi connectivity index (χ2n) is 32.0. The molecule has 32 nitrogen and oxygen atoms in total. The summed E-state index contributed by atoms with van der Waals surface area (Å²) in [5.41, 5.74) is -6.66. The third kappa shape index (κ3) is 36.3. The first-order valence-corrected chi connectivity index (χ1v) is 34.3. The van der Waals surface area contributed by atoms with Gasteiger partial charge in [-0.25, -0.2) is 14.6 Å². The summed E-state index contributed by atoms with van der Waals surface area (Å²) in [6.45, 7) is 36.9. The van der Waals surface area contributed by atoms with Crippen molar-refractivity contribution in [3.63, 3.8) is 0 Å². The predicted molar refractivity (Wildman–Crippen MR) is 379 cm³/mol. The van der Waals surface area contributed by atoms with Gasteiger partial charge < -0.3 is 91.7 Å². The molecule has 103 heavy (non-hydrogen) atoms. The van der Waals surface area contributed by atoms with Crippen molar-refractivity contribution in [3.05, 3.63) is 54.1 Å². The Kier molecular flexibility index (Phi) is 33.9. The first-order chi connectivity index (χ1) is 46.9. The monoisotopic (exact) mass is 1460 g/mol. The van der Waals surface area contributed by atoms with Crippen LogP contribution in [0.4, 0.5) is 4.79 Å². The normalized spacial score (nSPS) is 15.2. The number of ether oxygens (including phenoxy) is 6. The molecule has 0 saturated heterocycles. The Balaban J connectivity index is 2.67. The molecule has 32 heteroatoms. The highest BCUT2D eigenvalue weighted by molar-refractivity contribution is 6.00. The fourth-order valence-corrected chi connectivity index (χ4v) is 9.70. The Morgan fingerprint density at radius 3 is 1.44 bits per heavy atom. The number of carbonyl (C=O) groups excluding carboxylic acids is 12. The van der Waals surface area contributed by atoms with E-state index in [0.717, 1.165) is 0 Å². The highest BCUT2D eigenvalue weighted by Gasteiger charge is 2.41. The van der Waals surface area contributed by atoms with Crippen LogP contribution in [0.5, 0.6) is 0 Å². The van der Waals surface area contributed by atoms with Gasteiger partial charge >= 0.3 is 24.0 Å². The molecule has 0 bridgehead atoms. The van der Waals surface area contributed by atoms with E-state index in [1.807, 2.05) is 0 Å². The highest BCUT2D eigenvalue weighted by Crippen LogP contribution is 2.20. The summed E-state index contributed by atoms with van der Waals surface area (Å²) in [5, 5.41) is 35.5. The number of hydrogen-bond acceptors (Lipinski definition) is 20. The summed E-state index contributed by atoms with van der Waals surface area (Å²) in [6.07, 6.45) is -2.44. The average Bonchev–Trinajstić information content (AvgIpc) is 1.06. The lowest BCUT2D eigenvalue weighted by atomic mass is 10.0. The van der Waals surface area contributed by atoms with Crippen molar-refractivity contribution in [1.29, 1.82) is 0 Å². The number of carboxylic acid groups (broad SMARTS) is 1. The number of rotatable bonds is 36. The van der Waals surface area contributed by atoms with Crippen molar-refractivity contribution in [2.75, 3.05) is 13.2 Å². The molecule has 0 fully saturated rings. The van der Waals surface area contributed by atoms with Crippen LogP contribution in [0.15, 0.2) is 42.9 Å². The molecule has 0 radical (unpaired) electrons. The summed E-state index contributed by atoms with van der Waals surface area (Å²) < 4.78 is 34.7. The third-order valence-corrected chi connectivity index (χ3v) is 14.2. The maximum Gasteiger partial charge on any atom is 0.408 e. The minimum Gasteiger partial charge on any atom is -0.480 e. The van der Waals surface area contributed by atoms with E-state index in [1.54, 1.807) is 155 Å². The van der Waals surface area contributed by atoms with Crippen molar-refractivity contribution >= 4 is 77.2 Å². The first kappa shape index (κ1) is 90.3. The Morgan fingerprint density at radius 1 is 0.476 bits per heavy atom. The van der Waals surface area contributed by atoms with Gasteiger partial charge in [-0.15, -0.1) is 0 Å². The molecule has 0 aliphatic heterocycles. The Labute approximate surface area is 605 Å². The van der Waals surface area contributed by atoms with Crippen LogP contribution in [-0.2, 0) is 98.8 Å². The van der Waals surface area contributed by atoms with Gasteiger partial charge in [-0.1, -0.05) is 44.2 Å². The van der Waals surface area contributed by atoms with E-state index in [2.05, 4.69) is 63.1 Å². The van der Waals surface area contributed by atoms with Gasteiger partial charge in [0.15, 0.2) is 0 Å². The number of esters is 2. The molecule has 0 saturated carbocycles. The lowest BCUT2D eigenvalue weighted by molar-refractivity contribution is -0.157. The summed E-state index contributed by atoms with van der Waals surface area (Å²) in [4.78, 5) is 188. The number of carboxylic acids is 1. The predicted octanol–water partition coefficient (Wildman–Crippen LogP) is 3.31. The van der Waals surface area contributed by atoms with Crippen molar-refractivity contribution in [1.82, 2.24) is 63.1 Å². The third-order valence-electron chi connectivity index (χ3n) is 14.2. The number of imidazole rings is 1. The lowest BCUT2D eigenvalue weighted by Crippen LogP contribution is -2.64. The molecule has 0 aliphatic carbocycles. The van der Waals surface area contributed by atoms with Crippen LogP contribution < -0.4 is 53.2 Å². The maximum absolute atomic E-state index is 15.1. The molecule has 0 aliphatic rings. The number of nitrogens with zero attached hydrogens (tertiary/aromatic N) is 1. The van der Waals surface area contributed by atoms with E-state index >= 15 is 4.79 Å². The fraction of sp³-hybridized carbons (Fsp3) is 0.690. The van der Waals surface area contributed by atoms with Crippen molar-refractivity contribution in [2.24, 2.45) is 5.92 Å². The molecule has 2 rings (SSSR count). The molecular weight excluding hydrogens is 1340 g/mol. The Bertz CT molecular complexity index is 3210. The number of carbonyl (C=O) groups is 13. The number of nitrogens with one attached hydrogen (secondary N) is 11. The van der Waals surface area contributed by atoms with Gasteiger partial charge in [-0.3, -0.25) is 52.7 Å². The van der Waals surface area contributed by atoms with Gasteiger partial charge in [0.2, 0.25) is 53.2 Å². The molecule has 580 valence electrons. The van der Waals surface area contributed by atoms with Gasteiger partial charge in [0.1, 0.15) is 70.7 Å². The standard InChI is InChI=1S/C71H116N12O20/c1-39(2)52(62(94)95)81-57(89)47(34-51(86)102-69(17,18)19)75-58(90)48(37-98-65(5,6)7)77-61(93)54(41(4)100-67(11,12)13)82-56(88)45(32-42-28-26-25-27-29-42)76-60(92)53(40(3)99-66(8,9)10)80-49(84)36-73-55(87)44(30-31-50(85)101-68(14,15)16)78-63(96)71(23,24)83-59(91)46(33-43-35-72-38-74-43)79-64(97)103-70(20,21)22/h25-29,35,38-41,44-48,52-54H,30-34,36-37H2,1-24H3,(H,72,74)(H,73,87)(H,75,90)(H,76,92)(H,77,93)(H,78,96)(H,79,97)(H,80,84)(H,81,89)(H,82,88)(H,83,91)(H,94,95)/t40-,41-,44+,45+,46+,47+,48+,52+,53+,54+/m1/s1. The number of amides is 10. The van der Waals surface area contributed by atoms with Crippen LogP contribution in [-0.4, -0.2) is 205 Å². The Morgan fingerprint density at radius 2 is 0.951 bits per heavy atom. The van der Waals surface area contributed by atoms with E-state index in [9.17, 15) is 62.6 Å². The Hall–Kier alpha value is -8.78. The summed E-state index contributed by atoms with van der Waals surface area (Å²) >= 11 is 0. The summed E-state index contributed by atoms with van der Waals surface area (Å²) in [5.74, 6) is -12.6. The van der Waals surface area contributed by atoms with Crippen LogP contribution in [0.3, 0.4) is 0 Å². The van der Waals surface area contributed by atoms with Crippen molar-refractivity contribution in [2.45, 2.75) is 298 Å². The minimum absolute atomic E-state index is 0.108. The zero-order valence-electron chi connectivity index (χ0n) is 64.5. The number of hydrogen-bond donors (Lipinski definition) is 12. The molecular formula is C71H116N12O20. The molecule has 1 aromatic carbocycles. The first-order valence-electron chi connectivity index (χ1n) is 34.3. The largest absolute Gasteiger partial charge is 0.480 e. The van der Waals surface area contributed by atoms with E-state index in [1.165, 1.54) is 54.1 Å². The fourth-order valence-electron chi connectivity index (χ4n) is 9.70. The van der Waals surface area contributed by atoms with E-state index < -0.39 is 209 Å². The maximum atomic E-state index is 15.1. The molecule has 12 N–H and O–H groups in total. The number of benzene rings is 1. The van der Waals surface area contributed by atoms with Gasteiger partial charge in [-0.2, -0.15) is 0 Å². The number of H-pyrrole nitrogens is 1. The summed E-state index contributed by atoms with van der Waals surface area (Å²) in [7, 11) is 0. The molecule has 1 aromatic heterocycles. The number of aliphatic carboxylic acids is 1. The van der Waals surface area contributed by atoms with Crippen molar-refractivity contribution < 1.29 is 95.9 Å². The zero-order chi connectivity index (χ0) is 79.1. The number of alkyl carbamates (subject to hydrolysis) is 1. The number of aromatic nitrogens is 2. The van der Waals surface area contributed by atoms with E-state index in [0.29, 0.717) is 11.3 Å². The second-order valence-corrected chi connectivity index (χ2v) is 32.0. The van der Waals surface area contributed by atoms with Gasteiger partial charge in [0.25, 0.3) is 0 Å². The molecule has 0 spiro atoms. The topological polar surface area (TPSA) is 446 Å². The highest BCUT2D eigenvalue weighted by atomic mass is 16.6. The van der Waals surface area contributed by atoms with Gasteiger partial charge in [0, 0.05) is 31.2 Å². The molecule has 1 heterocycles. The van der Waals surface area contributed by atoms with Crippen LogP contribution in [0.25, 0.3) is 0 Å². The summed E-state index contributed by atoms with van der Waals surface area (Å²) in [6, 6.07) is -4.27. The smallest absolute Gasteiger partial charge is 0.408 e. The van der Waals surface area contributed by atoms with Crippen LogP contribution in [0.1, 0.15) is 197 Å². The lowest BCUT2D eigenvalue weighted by Gasteiger charge is -2.34. The van der Waals surface area contributed by atoms with Crippen molar-refractivity contribution in [3.8, 4) is 0 Å². The second kappa shape index (κ2) is 38.7. The van der Waals surface area contributed by atoms with E-state index in [-0.39, 0.29) is 19.3 Å². The molecule has 0 unspecified atom stereocenters. The SMILES string of the molecule is CC(C)[C@H](NC(=O)[C@H](CC(=O)OC(C)(C)C)NC(=O)[C@H](COC(C)(C)C)NC(=O)[C@@H](NC(=O)[C@H](Cc1ccccc1)NC(=O)[C@@H](NC(=O)CNC(=O)[C@H](CCC(=O)OC(C)(C)C)NC(=O)C(C)(C)NC(=O)[C@H](Cc1cnc[nH]1)NC(=O)OC(C)(C)C)[C@@H](C)OC(C)(C)C)[C@@H](C)OC(C)(C)C)C(=O)O. The van der Waals surface area contributed by atoms with Gasteiger partial charge in [-0.05, 0) is 170 Å². The average molecular weight is 1460 g/mol. The van der Waals surface area contributed by atoms with Gasteiger partial charge in [0.05, 0.1) is 54.9 Å². The van der Waals surface area contributed by atoms with E-state index in [4.69, 9.17) is 28.4 Å². The minimum atomic E-state index is -1.82. The number of aromatic amines is 1. The molecule has 2 aromatic rings. The quantitative estimate of drug-likeness (QED) is 0.0344. The molecule has 10 amide bonds. The van der Waals surface area contributed by atoms with Crippen LogP contribution >= 0.6 is 0 Å².